The Morgan fingerprint density at radius 2 is 2.00 bits per heavy atom. The van der Waals surface area contributed by atoms with E-state index in [0.29, 0.717) is 5.92 Å². The fourth-order valence-electron chi connectivity index (χ4n) is 2.41. The van der Waals surface area contributed by atoms with Crippen molar-refractivity contribution in [3.05, 3.63) is 23.3 Å². The smallest absolute Gasteiger partial charge is 0.129 e. The van der Waals surface area contributed by atoms with Gasteiger partial charge in [-0.2, -0.15) is 0 Å². The highest BCUT2D eigenvalue weighted by atomic mass is 14.9. The van der Waals surface area contributed by atoms with Gasteiger partial charge in [-0.1, -0.05) is 6.42 Å². The molecule has 0 saturated carbocycles. The summed E-state index contributed by atoms with van der Waals surface area (Å²) < 4.78 is 0. The van der Waals surface area contributed by atoms with E-state index in [9.17, 15) is 0 Å². The number of hydrogen-bond donors (Lipinski definition) is 1. The highest BCUT2D eigenvalue weighted by Gasteiger charge is 2.14. The molecule has 0 amide bonds. The first-order valence-corrected chi connectivity index (χ1v) is 6.26. The molecule has 0 bridgehead atoms. The lowest BCUT2D eigenvalue weighted by molar-refractivity contribution is 0.466. The highest BCUT2D eigenvalue weighted by molar-refractivity contribution is 5.08. The van der Waals surface area contributed by atoms with Gasteiger partial charge in [0.15, 0.2) is 0 Å². The van der Waals surface area contributed by atoms with E-state index in [1.54, 1.807) is 0 Å². The van der Waals surface area contributed by atoms with Gasteiger partial charge in [0.05, 0.1) is 0 Å². The first-order valence-electron chi connectivity index (χ1n) is 6.26. The molecule has 2 heterocycles. The molecule has 0 spiro atoms. The van der Waals surface area contributed by atoms with Gasteiger partial charge in [0, 0.05) is 17.8 Å². The van der Waals surface area contributed by atoms with Crippen molar-refractivity contribution in [2.75, 3.05) is 13.1 Å². The molecule has 16 heavy (non-hydrogen) atoms. The Balaban J connectivity index is 2.01. The zero-order chi connectivity index (χ0) is 11.4. The number of nitrogens with one attached hydrogen (secondary N) is 1. The predicted octanol–water partition coefficient (Wildman–Crippen LogP) is 2.03. The quantitative estimate of drug-likeness (QED) is 0.827. The molecule has 1 unspecified atom stereocenters. The zero-order valence-electron chi connectivity index (χ0n) is 10.3. The molecule has 1 aliphatic heterocycles. The summed E-state index contributed by atoms with van der Waals surface area (Å²) in [6.07, 6.45) is 4.98. The molecular weight excluding hydrogens is 198 g/mol. The van der Waals surface area contributed by atoms with Gasteiger partial charge in [-0.05, 0) is 51.8 Å². The maximum atomic E-state index is 4.52. The van der Waals surface area contributed by atoms with E-state index < -0.39 is 0 Å². The monoisotopic (exact) mass is 219 g/mol. The summed E-state index contributed by atoms with van der Waals surface area (Å²) in [7, 11) is 0. The maximum Gasteiger partial charge on any atom is 0.129 e. The van der Waals surface area contributed by atoms with Crippen LogP contribution < -0.4 is 5.32 Å². The van der Waals surface area contributed by atoms with Crippen LogP contribution in [0.1, 0.15) is 36.5 Å². The van der Waals surface area contributed by atoms with E-state index >= 15 is 0 Å². The molecule has 0 aliphatic carbocycles. The van der Waals surface area contributed by atoms with Crippen molar-refractivity contribution in [2.45, 2.75) is 39.5 Å². The lowest BCUT2D eigenvalue weighted by atomic mass is 9.99. The van der Waals surface area contributed by atoms with Gasteiger partial charge < -0.3 is 5.32 Å². The first kappa shape index (κ1) is 11.5. The third kappa shape index (κ3) is 3.27. The van der Waals surface area contributed by atoms with Crippen LogP contribution >= 0.6 is 0 Å². The maximum absolute atomic E-state index is 4.52. The van der Waals surface area contributed by atoms with Crippen LogP contribution in [0.5, 0.6) is 0 Å². The molecule has 1 fully saturated rings. The topological polar surface area (TPSA) is 37.8 Å². The molecule has 1 saturated heterocycles. The summed E-state index contributed by atoms with van der Waals surface area (Å²) in [6, 6.07) is 2.04. The Bertz CT molecular complexity index is 321. The number of aromatic nitrogens is 2. The highest BCUT2D eigenvalue weighted by Crippen LogP contribution is 2.15. The summed E-state index contributed by atoms with van der Waals surface area (Å²) in [4.78, 5) is 9.04. The third-order valence-corrected chi connectivity index (χ3v) is 3.15. The summed E-state index contributed by atoms with van der Waals surface area (Å²) in [5.74, 6) is 1.73. The molecule has 88 valence electrons. The van der Waals surface area contributed by atoms with E-state index in [4.69, 9.17) is 0 Å². The van der Waals surface area contributed by atoms with Crippen molar-refractivity contribution in [2.24, 2.45) is 5.92 Å². The van der Waals surface area contributed by atoms with Crippen LogP contribution in [0.4, 0.5) is 0 Å². The minimum Gasteiger partial charge on any atom is -0.316 e. The normalized spacial score (nSPS) is 21.8. The van der Waals surface area contributed by atoms with Gasteiger partial charge in [0.1, 0.15) is 5.82 Å². The van der Waals surface area contributed by atoms with Gasteiger partial charge in [-0.3, -0.25) is 0 Å². The summed E-state index contributed by atoms with van der Waals surface area (Å²) in [5.41, 5.74) is 2.17. The van der Waals surface area contributed by atoms with E-state index in [1.807, 2.05) is 19.9 Å². The fraction of sp³-hybridized carbons (Fsp3) is 0.692. The fourth-order valence-corrected chi connectivity index (χ4v) is 2.41. The van der Waals surface area contributed by atoms with Gasteiger partial charge in [-0.25, -0.2) is 9.97 Å². The molecule has 2 rings (SSSR count). The van der Waals surface area contributed by atoms with Crippen LogP contribution in [0.25, 0.3) is 0 Å². The zero-order valence-corrected chi connectivity index (χ0v) is 10.3. The van der Waals surface area contributed by atoms with Crippen LogP contribution in [-0.2, 0) is 6.42 Å². The summed E-state index contributed by atoms with van der Waals surface area (Å²) >= 11 is 0. The average Bonchev–Trinajstić information content (AvgIpc) is 2.44. The average molecular weight is 219 g/mol. The lowest BCUT2D eigenvalue weighted by Crippen LogP contribution is -2.22. The molecule has 0 aromatic carbocycles. The number of hydrogen-bond acceptors (Lipinski definition) is 3. The SMILES string of the molecule is Cc1cc(C)nc(CC2CCCCNC2)n1. The second-order valence-corrected chi connectivity index (χ2v) is 4.84. The van der Waals surface area contributed by atoms with E-state index in [1.165, 1.54) is 25.8 Å². The third-order valence-electron chi connectivity index (χ3n) is 3.15. The van der Waals surface area contributed by atoms with Crippen LogP contribution in [0.2, 0.25) is 0 Å². The van der Waals surface area contributed by atoms with E-state index in [2.05, 4.69) is 15.3 Å². The van der Waals surface area contributed by atoms with Crippen LogP contribution in [0, 0.1) is 19.8 Å². The van der Waals surface area contributed by atoms with E-state index in [0.717, 1.165) is 30.2 Å². The van der Waals surface area contributed by atoms with Crippen LogP contribution in [-0.4, -0.2) is 23.1 Å². The van der Waals surface area contributed by atoms with Gasteiger partial charge in [-0.15, -0.1) is 0 Å². The molecule has 3 heteroatoms. The Morgan fingerprint density at radius 3 is 2.75 bits per heavy atom. The van der Waals surface area contributed by atoms with Gasteiger partial charge in [0.25, 0.3) is 0 Å². The van der Waals surface area contributed by atoms with Crippen molar-refractivity contribution >= 4 is 0 Å². The second kappa shape index (κ2) is 5.39. The Kier molecular flexibility index (Phi) is 3.88. The van der Waals surface area contributed by atoms with Crippen LogP contribution in [0.15, 0.2) is 6.07 Å². The molecule has 3 nitrogen and oxygen atoms in total. The molecular formula is C13H21N3. The number of nitrogens with zero attached hydrogens (tertiary/aromatic N) is 2. The minimum atomic E-state index is 0.712. The number of rotatable bonds is 2. The Hall–Kier alpha value is -0.960. The largest absolute Gasteiger partial charge is 0.316 e. The number of aryl methyl sites for hydroxylation is 2. The minimum absolute atomic E-state index is 0.712. The molecule has 1 atom stereocenters. The van der Waals surface area contributed by atoms with Crippen molar-refractivity contribution in [3.63, 3.8) is 0 Å². The van der Waals surface area contributed by atoms with Crippen molar-refractivity contribution in [3.8, 4) is 0 Å². The van der Waals surface area contributed by atoms with Crippen LogP contribution in [0.3, 0.4) is 0 Å². The summed E-state index contributed by atoms with van der Waals surface area (Å²) in [6.45, 7) is 6.38. The van der Waals surface area contributed by atoms with Gasteiger partial charge >= 0.3 is 0 Å². The molecule has 1 N–H and O–H groups in total. The second-order valence-electron chi connectivity index (χ2n) is 4.84. The molecule has 1 aromatic heterocycles. The molecule has 1 aliphatic rings. The molecule has 1 aromatic rings. The lowest BCUT2D eigenvalue weighted by Gasteiger charge is -2.13. The summed E-state index contributed by atoms with van der Waals surface area (Å²) in [5, 5.41) is 3.49. The standard InChI is InChI=1S/C13H21N3/c1-10-7-11(2)16-13(15-10)8-12-5-3-4-6-14-9-12/h7,12,14H,3-6,8-9H2,1-2H3. The first-order chi connectivity index (χ1) is 7.74. The molecule has 0 radical (unpaired) electrons. The van der Waals surface area contributed by atoms with Crippen molar-refractivity contribution in [1.29, 1.82) is 0 Å². The Labute approximate surface area is 97.7 Å². The van der Waals surface area contributed by atoms with Gasteiger partial charge in [0.2, 0.25) is 0 Å². The van der Waals surface area contributed by atoms with Crippen molar-refractivity contribution in [1.82, 2.24) is 15.3 Å². The van der Waals surface area contributed by atoms with E-state index in [-0.39, 0.29) is 0 Å². The van der Waals surface area contributed by atoms with Crippen molar-refractivity contribution < 1.29 is 0 Å². The predicted molar refractivity (Wildman–Crippen MR) is 65.4 cm³/mol. The Morgan fingerprint density at radius 1 is 1.25 bits per heavy atom.